The van der Waals surface area contributed by atoms with Crippen LogP contribution in [0.5, 0.6) is 0 Å². The van der Waals surface area contributed by atoms with E-state index in [1.807, 2.05) is 47.3 Å². The van der Waals surface area contributed by atoms with Crippen LogP contribution < -0.4 is 5.32 Å². The van der Waals surface area contributed by atoms with Gasteiger partial charge in [0.05, 0.1) is 0 Å². The monoisotopic (exact) mass is 270 g/mol. The van der Waals surface area contributed by atoms with Crippen molar-refractivity contribution in [2.45, 2.75) is 33.7 Å². The molecule has 0 bridgehead atoms. The molecular weight excluding hydrogens is 248 g/mol. The lowest BCUT2D eigenvalue weighted by Crippen LogP contribution is -2.29. The maximum Gasteiger partial charge on any atom is 0.247 e. The molecule has 1 N–H and O–H groups in total. The van der Waals surface area contributed by atoms with Crippen LogP contribution in [0.3, 0.4) is 0 Å². The van der Waals surface area contributed by atoms with Gasteiger partial charge in [0.25, 0.3) is 0 Å². The summed E-state index contributed by atoms with van der Waals surface area (Å²) in [6, 6.07) is 9.70. The fourth-order valence-corrected chi connectivity index (χ4v) is 2.35. The molecule has 2 aromatic rings. The summed E-state index contributed by atoms with van der Waals surface area (Å²) in [4.78, 5) is 12.5. The van der Waals surface area contributed by atoms with Crippen molar-refractivity contribution in [3.05, 3.63) is 53.9 Å². The van der Waals surface area contributed by atoms with Crippen molar-refractivity contribution in [2.24, 2.45) is 5.92 Å². The van der Waals surface area contributed by atoms with Gasteiger partial charge >= 0.3 is 0 Å². The van der Waals surface area contributed by atoms with Gasteiger partial charge in [-0.05, 0) is 55.2 Å². The molecule has 0 aliphatic heterocycles. The fourth-order valence-electron chi connectivity index (χ4n) is 2.35. The fraction of sp³-hybridized carbons (Fsp3) is 0.353. The molecule has 3 nitrogen and oxygen atoms in total. The van der Waals surface area contributed by atoms with Crippen LogP contribution in [0.1, 0.15) is 31.0 Å². The highest BCUT2D eigenvalue weighted by atomic mass is 16.2. The van der Waals surface area contributed by atoms with Gasteiger partial charge in [-0.25, -0.2) is 0 Å². The number of nitrogens with zero attached hydrogens (tertiary/aromatic N) is 1. The number of amides is 1. The Morgan fingerprint density at radius 2 is 1.75 bits per heavy atom. The Balaban J connectivity index is 2.19. The highest BCUT2D eigenvalue weighted by molar-refractivity contribution is 5.94. The van der Waals surface area contributed by atoms with E-state index in [1.54, 1.807) is 0 Å². The lowest BCUT2D eigenvalue weighted by Gasteiger charge is -2.22. The van der Waals surface area contributed by atoms with Gasteiger partial charge < -0.3 is 9.88 Å². The van der Waals surface area contributed by atoms with Crippen LogP contribution in [-0.2, 0) is 4.79 Å². The Bertz CT molecular complexity index is 585. The molecule has 1 aromatic heterocycles. The number of anilines is 1. The first-order valence-electron chi connectivity index (χ1n) is 6.99. The molecule has 1 heterocycles. The number of carbonyl (C=O) groups is 1. The third-order valence-electron chi connectivity index (χ3n) is 3.62. The van der Waals surface area contributed by atoms with E-state index < -0.39 is 0 Å². The van der Waals surface area contributed by atoms with E-state index in [1.165, 1.54) is 11.1 Å². The van der Waals surface area contributed by atoms with Crippen molar-refractivity contribution >= 4 is 11.6 Å². The third kappa shape index (κ3) is 3.10. The van der Waals surface area contributed by atoms with Crippen LogP contribution in [0, 0.1) is 19.8 Å². The van der Waals surface area contributed by atoms with Crippen LogP contribution in [0.25, 0.3) is 0 Å². The van der Waals surface area contributed by atoms with E-state index in [2.05, 4.69) is 33.0 Å². The summed E-state index contributed by atoms with van der Waals surface area (Å²) in [6.45, 7) is 8.24. The van der Waals surface area contributed by atoms with E-state index in [9.17, 15) is 4.79 Å². The number of rotatable bonds is 4. The molecule has 1 amide bonds. The molecule has 2 rings (SSSR count). The number of aryl methyl sites for hydroxylation is 2. The summed E-state index contributed by atoms with van der Waals surface area (Å²) in [6.07, 6.45) is 3.87. The summed E-state index contributed by atoms with van der Waals surface area (Å²) in [5.74, 6) is 0.258. The summed E-state index contributed by atoms with van der Waals surface area (Å²) in [5, 5.41) is 3.02. The average Bonchev–Trinajstić information content (AvgIpc) is 2.87. The van der Waals surface area contributed by atoms with E-state index in [0.29, 0.717) is 0 Å². The molecule has 106 valence electrons. The van der Waals surface area contributed by atoms with Crippen molar-refractivity contribution in [3.63, 3.8) is 0 Å². The first-order chi connectivity index (χ1) is 9.49. The number of carbonyl (C=O) groups excluding carboxylic acids is 1. The second-order valence-electron chi connectivity index (χ2n) is 5.61. The molecule has 0 aliphatic rings. The van der Waals surface area contributed by atoms with Gasteiger partial charge in [-0.1, -0.05) is 19.9 Å². The minimum Gasteiger partial charge on any atom is -0.342 e. The standard InChI is InChI=1S/C17H22N2O/c1-12(2)16(19-9-5-6-10-19)17(20)18-15-8-7-13(3)14(4)11-15/h5-12,16H,1-4H3,(H,18,20)/t16-/m1/s1. The van der Waals surface area contributed by atoms with Gasteiger partial charge in [0, 0.05) is 18.1 Å². The van der Waals surface area contributed by atoms with Crippen molar-refractivity contribution in [1.82, 2.24) is 4.57 Å². The van der Waals surface area contributed by atoms with Crippen molar-refractivity contribution < 1.29 is 4.79 Å². The molecule has 0 saturated heterocycles. The van der Waals surface area contributed by atoms with E-state index in [0.717, 1.165) is 5.69 Å². The Morgan fingerprint density at radius 1 is 1.10 bits per heavy atom. The topological polar surface area (TPSA) is 34.0 Å². The summed E-state index contributed by atoms with van der Waals surface area (Å²) >= 11 is 0. The predicted octanol–water partition coefficient (Wildman–Crippen LogP) is 3.94. The summed E-state index contributed by atoms with van der Waals surface area (Å²) < 4.78 is 1.96. The molecule has 3 heteroatoms. The molecule has 1 atom stereocenters. The Hall–Kier alpha value is -2.03. The SMILES string of the molecule is Cc1ccc(NC(=O)[C@@H](C(C)C)n2cccc2)cc1C. The highest BCUT2D eigenvalue weighted by Crippen LogP contribution is 2.21. The average molecular weight is 270 g/mol. The van der Waals surface area contributed by atoms with Gasteiger partial charge in [-0.2, -0.15) is 0 Å². The lowest BCUT2D eigenvalue weighted by atomic mass is 10.0. The highest BCUT2D eigenvalue weighted by Gasteiger charge is 2.23. The van der Waals surface area contributed by atoms with Crippen LogP contribution >= 0.6 is 0 Å². The molecule has 1 aromatic carbocycles. The molecule has 0 saturated carbocycles. The minimum absolute atomic E-state index is 0.0273. The smallest absolute Gasteiger partial charge is 0.247 e. The normalized spacial score (nSPS) is 12.4. The number of benzene rings is 1. The number of aromatic nitrogens is 1. The third-order valence-corrected chi connectivity index (χ3v) is 3.62. The maximum absolute atomic E-state index is 12.5. The Labute approximate surface area is 120 Å². The summed E-state index contributed by atoms with van der Waals surface area (Å²) in [5.41, 5.74) is 3.27. The molecule has 0 fully saturated rings. The second kappa shape index (κ2) is 5.95. The van der Waals surface area contributed by atoms with Crippen LogP contribution in [-0.4, -0.2) is 10.5 Å². The van der Waals surface area contributed by atoms with Crippen molar-refractivity contribution in [1.29, 1.82) is 0 Å². The number of hydrogen-bond acceptors (Lipinski definition) is 1. The van der Waals surface area contributed by atoms with Crippen molar-refractivity contribution in [3.8, 4) is 0 Å². The number of nitrogens with one attached hydrogen (secondary N) is 1. The van der Waals surface area contributed by atoms with Crippen molar-refractivity contribution in [2.75, 3.05) is 5.32 Å². The minimum atomic E-state index is -0.188. The number of hydrogen-bond donors (Lipinski definition) is 1. The van der Waals surface area contributed by atoms with Crippen LogP contribution in [0.4, 0.5) is 5.69 Å². The Morgan fingerprint density at radius 3 is 2.30 bits per heavy atom. The molecule has 20 heavy (non-hydrogen) atoms. The van der Waals surface area contributed by atoms with Crippen LogP contribution in [0.2, 0.25) is 0 Å². The molecule has 0 radical (unpaired) electrons. The quantitative estimate of drug-likeness (QED) is 0.897. The van der Waals surface area contributed by atoms with Gasteiger partial charge in [-0.15, -0.1) is 0 Å². The largest absolute Gasteiger partial charge is 0.342 e. The lowest BCUT2D eigenvalue weighted by molar-refractivity contribution is -0.120. The molecule has 0 unspecified atom stereocenters. The van der Waals surface area contributed by atoms with Crippen LogP contribution in [0.15, 0.2) is 42.7 Å². The van der Waals surface area contributed by atoms with E-state index in [-0.39, 0.29) is 17.9 Å². The predicted molar refractivity (Wildman–Crippen MR) is 82.9 cm³/mol. The zero-order chi connectivity index (χ0) is 14.7. The Kier molecular flexibility index (Phi) is 4.28. The first-order valence-corrected chi connectivity index (χ1v) is 6.99. The zero-order valence-corrected chi connectivity index (χ0v) is 12.6. The van der Waals surface area contributed by atoms with Gasteiger partial charge in [0.2, 0.25) is 5.91 Å². The summed E-state index contributed by atoms with van der Waals surface area (Å²) in [7, 11) is 0. The van der Waals surface area contributed by atoms with Gasteiger partial charge in [0.15, 0.2) is 0 Å². The molecule has 0 spiro atoms. The molecular formula is C17H22N2O. The maximum atomic E-state index is 12.5. The second-order valence-corrected chi connectivity index (χ2v) is 5.61. The first kappa shape index (κ1) is 14.4. The molecule has 0 aliphatic carbocycles. The van der Waals surface area contributed by atoms with Gasteiger partial charge in [-0.3, -0.25) is 4.79 Å². The van der Waals surface area contributed by atoms with E-state index >= 15 is 0 Å². The van der Waals surface area contributed by atoms with Gasteiger partial charge in [0.1, 0.15) is 6.04 Å². The zero-order valence-electron chi connectivity index (χ0n) is 12.6. The van der Waals surface area contributed by atoms with E-state index in [4.69, 9.17) is 0 Å².